The molecule has 3 aliphatic heterocycles. The highest BCUT2D eigenvalue weighted by Crippen LogP contribution is 2.27. The second-order valence-corrected chi connectivity index (χ2v) is 10.6. The van der Waals surface area contributed by atoms with Gasteiger partial charge in [-0.2, -0.15) is 17.0 Å². The molecule has 28 heavy (non-hydrogen) atoms. The summed E-state index contributed by atoms with van der Waals surface area (Å²) in [4.78, 5) is 14.9. The van der Waals surface area contributed by atoms with Crippen LogP contribution >= 0.6 is 0 Å². The molecule has 3 fully saturated rings. The summed E-state index contributed by atoms with van der Waals surface area (Å²) in [6, 6.07) is 0. The Bertz CT molecular complexity index is 613. The van der Waals surface area contributed by atoms with E-state index in [9.17, 15) is 13.2 Å². The normalized spacial score (nSPS) is 31.6. The molecule has 0 spiro atoms. The fourth-order valence-electron chi connectivity index (χ4n) is 4.63. The number of rotatable bonds is 6. The van der Waals surface area contributed by atoms with Crippen molar-refractivity contribution in [2.45, 2.75) is 33.1 Å². The first-order valence-corrected chi connectivity index (χ1v) is 12.1. The third kappa shape index (κ3) is 5.66. The Kier molecular flexibility index (Phi) is 7.72. The Balaban J connectivity index is 1.50. The minimum absolute atomic E-state index is 0.0199. The molecule has 0 radical (unpaired) electrons. The van der Waals surface area contributed by atoms with Crippen molar-refractivity contribution in [1.29, 1.82) is 0 Å². The standard InChI is InChI=1S/C19H36N4O4S/c1-16-12-17(2)14-23(13-16)28(25,26)22-6-3-4-18(15-22)19(24)20-5-7-21-8-10-27-11-9-21/h16-18H,3-15H2,1-2H3,(H,20,24)/t16-,17-,18-/m1/s1. The van der Waals surface area contributed by atoms with Crippen LogP contribution in [0.15, 0.2) is 0 Å². The van der Waals surface area contributed by atoms with Crippen LogP contribution in [-0.2, 0) is 19.7 Å². The van der Waals surface area contributed by atoms with Crippen molar-refractivity contribution >= 4 is 16.1 Å². The zero-order valence-electron chi connectivity index (χ0n) is 17.3. The number of morpholine rings is 1. The zero-order chi connectivity index (χ0) is 20.1. The average Bonchev–Trinajstić information content (AvgIpc) is 2.68. The summed E-state index contributed by atoms with van der Waals surface area (Å²) in [5, 5.41) is 3.01. The third-order valence-corrected chi connectivity index (χ3v) is 8.01. The third-order valence-electron chi connectivity index (χ3n) is 6.07. The lowest BCUT2D eigenvalue weighted by Gasteiger charge is -2.39. The Morgan fingerprint density at radius 1 is 1.04 bits per heavy atom. The van der Waals surface area contributed by atoms with Crippen molar-refractivity contribution in [3.63, 3.8) is 0 Å². The predicted octanol–water partition coefficient (Wildman–Crippen LogP) is 0.370. The molecule has 3 saturated heterocycles. The summed E-state index contributed by atoms with van der Waals surface area (Å²) in [6.07, 6.45) is 2.56. The Labute approximate surface area is 169 Å². The first-order valence-electron chi connectivity index (χ1n) is 10.7. The van der Waals surface area contributed by atoms with Gasteiger partial charge in [0.05, 0.1) is 19.1 Å². The lowest BCUT2D eigenvalue weighted by molar-refractivity contribution is -0.126. The number of carbonyl (C=O) groups excluding carboxylic acids is 1. The molecule has 0 aliphatic carbocycles. The molecule has 0 unspecified atom stereocenters. The van der Waals surface area contributed by atoms with Gasteiger partial charge in [0.15, 0.2) is 0 Å². The van der Waals surface area contributed by atoms with Crippen molar-refractivity contribution in [3.05, 3.63) is 0 Å². The van der Waals surface area contributed by atoms with E-state index >= 15 is 0 Å². The van der Waals surface area contributed by atoms with Gasteiger partial charge in [0.2, 0.25) is 5.91 Å². The van der Waals surface area contributed by atoms with Crippen LogP contribution in [0.2, 0.25) is 0 Å². The summed E-state index contributed by atoms with van der Waals surface area (Å²) in [5.74, 6) is 0.478. The average molecular weight is 417 g/mol. The number of hydrogen-bond donors (Lipinski definition) is 1. The summed E-state index contributed by atoms with van der Waals surface area (Å²) in [7, 11) is -3.49. The summed E-state index contributed by atoms with van der Waals surface area (Å²) < 4.78 is 34.7. The molecule has 9 heteroatoms. The van der Waals surface area contributed by atoms with Gasteiger partial charge < -0.3 is 10.1 Å². The van der Waals surface area contributed by atoms with E-state index in [1.165, 1.54) is 4.31 Å². The molecule has 3 rings (SSSR count). The van der Waals surface area contributed by atoms with Gasteiger partial charge in [0.25, 0.3) is 10.2 Å². The summed E-state index contributed by atoms with van der Waals surface area (Å²) in [5.41, 5.74) is 0. The number of ether oxygens (including phenoxy) is 1. The molecule has 0 bridgehead atoms. The highest BCUT2D eigenvalue weighted by Gasteiger charge is 2.38. The fraction of sp³-hybridized carbons (Fsp3) is 0.947. The lowest BCUT2D eigenvalue weighted by atomic mass is 9.94. The van der Waals surface area contributed by atoms with Crippen molar-refractivity contribution in [1.82, 2.24) is 18.8 Å². The quantitative estimate of drug-likeness (QED) is 0.677. The van der Waals surface area contributed by atoms with E-state index in [0.29, 0.717) is 44.6 Å². The predicted molar refractivity (Wildman–Crippen MR) is 108 cm³/mol. The van der Waals surface area contributed by atoms with Crippen LogP contribution in [0.4, 0.5) is 0 Å². The molecule has 8 nitrogen and oxygen atoms in total. The Morgan fingerprint density at radius 2 is 1.71 bits per heavy atom. The summed E-state index contributed by atoms with van der Waals surface area (Å²) >= 11 is 0. The van der Waals surface area contributed by atoms with Crippen LogP contribution < -0.4 is 5.32 Å². The van der Waals surface area contributed by atoms with E-state index in [2.05, 4.69) is 24.1 Å². The Hall–Kier alpha value is -0.740. The molecule has 162 valence electrons. The second-order valence-electron chi connectivity index (χ2n) is 8.71. The SMILES string of the molecule is C[C@@H]1C[C@@H](C)CN(S(=O)(=O)N2CCC[C@@H](C(=O)NCCN3CCOCC3)C2)C1. The van der Waals surface area contributed by atoms with Crippen LogP contribution in [0.5, 0.6) is 0 Å². The maximum atomic E-state index is 13.1. The number of piperidine rings is 2. The molecule has 1 N–H and O–H groups in total. The summed E-state index contributed by atoms with van der Waals surface area (Å²) in [6.45, 7) is 10.9. The monoisotopic (exact) mass is 416 g/mol. The van der Waals surface area contributed by atoms with E-state index in [1.54, 1.807) is 4.31 Å². The van der Waals surface area contributed by atoms with E-state index in [1.807, 2.05) is 0 Å². The zero-order valence-corrected chi connectivity index (χ0v) is 18.1. The molecule has 3 heterocycles. The maximum Gasteiger partial charge on any atom is 0.282 e. The van der Waals surface area contributed by atoms with Crippen LogP contribution in [0.1, 0.15) is 33.1 Å². The molecular weight excluding hydrogens is 380 g/mol. The Morgan fingerprint density at radius 3 is 2.39 bits per heavy atom. The van der Waals surface area contributed by atoms with Crippen molar-refractivity contribution < 1.29 is 17.9 Å². The van der Waals surface area contributed by atoms with Crippen molar-refractivity contribution in [2.75, 3.05) is 65.6 Å². The van der Waals surface area contributed by atoms with Gasteiger partial charge >= 0.3 is 0 Å². The smallest absolute Gasteiger partial charge is 0.282 e. The molecule has 0 aromatic heterocycles. The van der Waals surface area contributed by atoms with Crippen molar-refractivity contribution in [2.24, 2.45) is 17.8 Å². The van der Waals surface area contributed by atoms with Gasteiger partial charge in [-0.15, -0.1) is 0 Å². The lowest BCUT2D eigenvalue weighted by Crippen LogP contribution is -2.53. The number of nitrogens with zero attached hydrogens (tertiary/aromatic N) is 3. The topological polar surface area (TPSA) is 82.2 Å². The van der Waals surface area contributed by atoms with Gasteiger partial charge in [-0.3, -0.25) is 9.69 Å². The van der Waals surface area contributed by atoms with E-state index < -0.39 is 10.2 Å². The molecule has 1 amide bonds. The molecule has 0 aromatic rings. The van der Waals surface area contributed by atoms with Crippen LogP contribution in [-0.4, -0.2) is 93.4 Å². The number of nitrogens with one attached hydrogen (secondary N) is 1. The largest absolute Gasteiger partial charge is 0.379 e. The van der Waals surface area contributed by atoms with Crippen LogP contribution in [0.3, 0.4) is 0 Å². The second kappa shape index (κ2) is 9.84. The van der Waals surface area contributed by atoms with Gasteiger partial charge in [-0.05, 0) is 31.1 Å². The molecule has 3 atom stereocenters. The molecule has 0 saturated carbocycles. The molecular formula is C19H36N4O4S. The number of carbonyl (C=O) groups is 1. The van der Waals surface area contributed by atoms with Gasteiger partial charge in [0, 0.05) is 52.4 Å². The molecule has 0 aromatic carbocycles. The number of amides is 1. The highest BCUT2D eigenvalue weighted by molar-refractivity contribution is 7.86. The highest BCUT2D eigenvalue weighted by atomic mass is 32.2. The van der Waals surface area contributed by atoms with Gasteiger partial charge in [0.1, 0.15) is 0 Å². The first-order chi connectivity index (χ1) is 13.4. The van der Waals surface area contributed by atoms with Crippen LogP contribution in [0.25, 0.3) is 0 Å². The fourth-order valence-corrected chi connectivity index (χ4v) is 6.57. The van der Waals surface area contributed by atoms with E-state index in [0.717, 1.165) is 52.1 Å². The van der Waals surface area contributed by atoms with Crippen molar-refractivity contribution in [3.8, 4) is 0 Å². The maximum absolute atomic E-state index is 13.1. The van der Waals surface area contributed by atoms with Gasteiger partial charge in [-0.1, -0.05) is 13.8 Å². The minimum atomic E-state index is -3.49. The molecule has 3 aliphatic rings. The minimum Gasteiger partial charge on any atom is -0.379 e. The van der Waals surface area contributed by atoms with E-state index in [4.69, 9.17) is 4.74 Å². The number of hydrogen-bond acceptors (Lipinski definition) is 5. The van der Waals surface area contributed by atoms with E-state index in [-0.39, 0.29) is 11.8 Å². The van der Waals surface area contributed by atoms with Crippen LogP contribution in [0, 0.1) is 17.8 Å². The first kappa shape index (κ1) is 22.0. The van der Waals surface area contributed by atoms with Gasteiger partial charge in [-0.25, -0.2) is 0 Å².